The predicted octanol–water partition coefficient (Wildman–Crippen LogP) is 3.80. The first kappa shape index (κ1) is 14.0. The number of nitrogens with one attached hydrogen (secondary N) is 1. The Bertz CT molecular complexity index is 569. The van der Waals surface area contributed by atoms with Gasteiger partial charge in [0.25, 0.3) is 0 Å². The molecular weight excluding hydrogens is 311 g/mol. The van der Waals surface area contributed by atoms with Crippen LogP contribution in [-0.2, 0) is 6.54 Å². The Hall–Kier alpha value is -1.46. The number of halogens is 2. The molecule has 0 saturated carbocycles. The molecule has 2 rings (SSSR count). The minimum absolute atomic E-state index is 0.342. The van der Waals surface area contributed by atoms with Crippen LogP contribution < -0.4 is 10.1 Å². The van der Waals surface area contributed by atoms with Crippen LogP contribution >= 0.6 is 15.9 Å². The van der Waals surface area contributed by atoms with E-state index in [0.717, 1.165) is 11.3 Å². The van der Waals surface area contributed by atoms with Gasteiger partial charge in [-0.15, -0.1) is 0 Å². The van der Waals surface area contributed by atoms with Gasteiger partial charge in [-0.2, -0.15) is 0 Å². The number of pyridine rings is 1. The Morgan fingerprint density at radius 3 is 2.79 bits per heavy atom. The molecule has 2 aromatic rings. The van der Waals surface area contributed by atoms with Crippen LogP contribution in [0.4, 0.5) is 4.39 Å². The van der Waals surface area contributed by atoms with Crippen LogP contribution in [0.2, 0.25) is 0 Å². The maximum Gasteiger partial charge on any atom is 0.135 e. The van der Waals surface area contributed by atoms with E-state index < -0.39 is 0 Å². The number of benzene rings is 1. The molecule has 0 spiro atoms. The second-order valence-corrected chi connectivity index (χ2v) is 5.09. The molecule has 0 fully saturated rings. The van der Waals surface area contributed by atoms with E-state index in [1.54, 1.807) is 12.3 Å². The first-order valence-corrected chi connectivity index (χ1v) is 6.62. The molecule has 1 heterocycles. The van der Waals surface area contributed by atoms with Crippen molar-refractivity contribution in [3.05, 3.63) is 52.0 Å². The zero-order valence-corrected chi connectivity index (χ0v) is 12.3. The largest absolute Gasteiger partial charge is 0.457 e. The first-order valence-electron chi connectivity index (χ1n) is 5.82. The van der Waals surface area contributed by atoms with Crippen molar-refractivity contribution in [2.24, 2.45) is 0 Å². The minimum atomic E-state index is -0.342. The molecule has 5 heteroatoms. The zero-order valence-electron chi connectivity index (χ0n) is 10.7. The van der Waals surface area contributed by atoms with Gasteiger partial charge in [-0.3, -0.25) is 4.98 Å². The van der Waals surface area contributed by atoms with Crippen molar-refractivity contribution in [3.8, 4) is 11.5 Å². The molecule has 0 aliphatic carbocycles. The number of nitrogens with zero attached hydrogens (tertiary/aromatic N) is 1. The lowest BCUT2D eigenvalue weighted by atomic mass is 10.2. The smallest absolute Gasteiger partial charge is 0.135 e. The highest BCUT2D eigenvalue weighted by Gasteiger charge is 2.07. The maximum atomic E-state index is 13.3. The number of rotatable bonds is 4. The second kappa shape index (κ2) is 6.12. The summed E-state index contributed by atoms with van der Waals surface area (Å²) >= 11 is 3.25. The van der Waals surface area contributed by atoms with Gasteiger partial charge in [-0.05, 0) is 26.1 Å². The lowest BCUT2D eigenvalue weighted by Crippen LogP contribution is -2.07. The van der Waals surface area contributed by atoms with E-state index in [1.807, 2.05) is 20.0 Å². The summed E-state index contributed by atoms with van der Waals surface area (Å²) in [4.78, 5) is 4.23. The van der Waals surface area contributed by atoms with Gasteiger partial charge in [0.05, 0.1) is 0 Å². The predicted molar refractivity (Wildman–Crippen MR) is 75.9 cm³/mol. The lowest BCUT2D eigenvalue weighted by molar-refractivity contribution is 0.467. The van der Waals surface area contributed by atoms with E-state index in [0.29, 0.717) is 22.5 Å². The molecule has 1 aromatic carbocycles. The molecule has 19 heavy (non-hydrogen) atoms. The Balaban J connectivity index is 2.33. The molecule has 0 aliphatic rings. The van der Waals surface area contributed by atoms with Crippen molar-refractivity contribution in [3.63, 3.8) is 0 Å². The van der Waals surface area contributed by atoms with Crippen molar-refractivity contribution in [1.82, 2.24) is 10.3 Å². The van der Waals surface area contributed by atoms with E-state index in [4.69, 9.17) is 4.74 Å². The molecule has 100 valence electrons. The molecule has 0 saturated heterocycles. The molecule has 0 radical (unpaired) electrons. The van der Waals surface area contributed by atoms with Gasteiger partial charge >= 0.3 is 0 Å². The summed E-state index contributed by atoms with van der Waals surface area (Å²) in [5.41, 5.74) is 1.78. The Kier molecular flexibility index (Phi) is 4.50. The van der Waals surface area contributed by atoms with Crippen LogP contribution in [0.15, 0.2) is 34.9 Å². The van der Waals surface area contributed by atoms with Gasteiger partial charge in [0.1, 0.15) is 17.3 Å². The van der Waals surface area contributed by atoms with Crippen LogP contribution in [0.5, 0.6) is 11.5 Å². The third-order valence-electron chi connectivity index (χ3n) is 2.51. The average Bonchev–Trinajstić information content (AvgIpc) is 2.31. The summed E-state index contributed by atoms with van der Waals surface area (Å²) in [6.07, 6.45) is 1.76. The fourth-order valence-corrected chi connectivity index (χ4v) is 2.14. The molecular formula is C14H14BrFN2O. The standard InChI is InChI=1S/C14H14BrFN2O/c1-9-3-14(10(7-17-2)8-18-9)19-13-5-11(15)4-12(16)6-13/h3-6,8,17H,7H2,1-2H3. The molecule has 0 atom stereocenters. The quantitative estimate of drug-likeness (QED) is 0.928. The number of ether oxygens (including phenoxy) is 1. The highest BCUT2D eigenvalue weighted by molar-refractivity contribution is 9.10. The monoisotopic (exact) mass is 324 g/mol. The summed E-state index contributed by atoms with van der Waals surface area (Å²) in [5.74, 6) is 0.791. The molecule has 1 aromatic heterocycles. The molecule has 3 nitrogen and oxygen atoms in total. The van der Waals surface area contributed by atoms with Crippen molar-refractivity contribution < 1.29 is 9.13 Å². The number of hydrogen-bond donors (Lipinski definition) is 1. The lowest BCUT2D eigenvalue weighted by Gasteiger charge is -2.11. The highest BCUT2D eigenvalue weighted by Crippen LogP contribution is 2.28. The van der Waals surface area contributed by atoms with Crippen LogP contribution in [0.3, 0.4) is 0 Å². The van der Waals surface area contributed by atoms with Gasteiger partial charge in [-0.25, -0.2) is 4.39 Å². The summed E-state index contributed by atoms with van der Waals surface area (Å²) in [7, 11) is 1.85. The molecule has 1 N–H and O–H groups in total. The molecule has 0 bridgehead atoms. The van der Waals surface area contributed by atoms with E-state index in [9.17, 15) is 4.39 Å². The highest BCUT2D eigenvalue weighted by atomic mass is 79.9. The van der Waals surface area contributed by atoms with Gasteiger partial charge in [-0.1, -0.05) is 15.9 Å². The van der Waals surface area contributed by atoms with Crippen molar-refractivity contribution >= 4 is 15.9 Å². The Morgan fingerprint density at radius 1 is 1.32 bits per heavy atom. The van der Waals surface area contributed by atoms with Crippen LogP contribution in [0, 0.1) is 12.7 Å². The van der Waals surface area contributed by atoms with Crippen LogP contribution in [0.1, 0.15) is 11.3 Å². The van der Waals surface area contributed by atoms with E-state index in [2.05, 4.69) is 26.2 Å². The summed E-state index contributed by atoms with van der Waals surface area (Å²) in [5, 5.41) is 3.05. The summed E-state index contributed by atoms with van der Waals surface area (Å²) in [6.45, 7) is 2.52. The number of aromatic nitrogens is 1. The minimum Gasteiger partial charge on any atom is -0.457 e. The molecule has 0 aliphatic heterocycles. The van der Waals surface area contributed by atoms with Gasteiger partial charge in [0.15, 0.2) is 0 Å². The van der Waals surface area contributed by atoms with Crippen molar-refractivity contribution in [1.29, 1.82) is 0 Å². The van der Waals surface area contributed by atoms with E-state index in [1.165, 1.54) is 12.1 Å². The van der Waals surface area contributed by atoms with Gasteiger partial charge in [0, 0.05) is 40.6 Å². The summed E-state index contributed by atoms with van der Waals surface area (Å²) in [6, 6.07) is 6.30. The average molecular weight is 325 g/mol. The normalized spacial score (nSPS) is 10.5. The van der Waals surface area contributed by atoms with Crippen molar-refractivity contribution in [2.45, 2.75) is 13.5 Å². The topological polar surface area (TPSA) is 34.2 Å². The fraction of sp³-hybridized carbons (Fsp3) is 0.214. The fourth-order valence-electron chi connectivity index (χ4n) is 1.70. The SMILES string of the molecule is CNCc1cnc(C)cc1Oc1cc(F)cc(Br)c1. The Labute approximate surface area is 119 Å². The van der Waals surface area contributed by atoms with Crippen LogP contribution in [0.25, 0.3) is 0 Å². The first-order chi connectivity index (χ1) is 9.08. The number of hydrogen-bond acceptors (Lipinski definition) is 3. The van der Waals surface area contributed by atoms with E-state index in [-0.39, 0.29) is 5.82 Å². The van der Waals surface area contributed by atoms with E-state index >= 15 is 0 Å². The Morgan fingerprint density at radius 2 is 2.11 bits per heavy atom. The van der Waals surface area contributed by atoms with Crippen molar-refractivity contribution in [2.75, 3.05) is 7.05 Å². The van der Waals surface area contributed by atoms with Gasteiger partial charge < -0.3 is 10.1 Å². The molecule has 0 amide bonds. The number of aryl methyl sites for hydroxylation is 1. The van der Waals surface area contributed by atoms with Gasteiger partial charge in [0.2, 0.25) is 0 Å². The second-order valence-electron chi connectivity index (χ2n) is 4.17. The third kappa shape index (κ3) is 3.75. The zero-order chi connectivity index (χ0) is 13.8. The molecule has 0 unspecified atom stereocenters. The summed E-state index contributed by atoms with van der Waals surface area (Å²) < 4.78 is 19.7. The maximum absolute atomic E-state index is 13.3. The third-order valence-corrected chi connectivity index (χ3v) is 2.97. The van der Waals surface area contributed by atoms with Crippen LogP contribution in [-0.4, -0.2) is 12.0 Å².